The van der Waals surface area contributed by atoms with Gasteiger partial charge in [-0.25, -0.2) is 4.98 Å². The van der Waals surface area contributed by atoms with Crippen LogP contribution in [0.25, 0.3) is 10.6 Å². The van der Waals surface area contributed by atoms with Crippen LogP contribution in [0.5, 0.6) is 0 Å². The topological polar surface area (TPSA) is 33.2 Å². The van der Waals surface area contributed by atoms with Gasteiger partial charge in [0.05, 0.1) is 6.20 Å². The zero-order chi connectivity index (χ0) is 15.4. The van der Waals surface area contributed by atoms with Gasteiger partial charge in [0.15, 0.2) is 0 Å². The van der Waals surface area contributed by atoms with Crippen molar-refractivity contribution in [3.63, 3.8) is 0 Å². The van der Waals surface area contributed by atoms with E-state index in [-0.39, 0.29) is 5.91 Å². The Kier molecular flexibility index (Phi) is 4.88. The van der Waals surface area contributed by atoms with Crippen molar-refractivity contribution in [1.82, 2.24) is 9.88 Å². The molecule has 0 N–H and O–H groups in total. The molecule has 4 heteroatoms. The summed E-state index contributed by atoms with van der Waals surface area (Å²) < 4.78 is 0. The Bertz CT molecular complexity index is 617. The third-order valence-corrected chi connectivity index (χ3v) is 5.38. The van der Waals surface area contributed by atoms with Gasteiger partial charge in [-0.2, -0.15) is 0 Å². The number of carbonyl (C=O) groups is 1. The minimum Gasteiger partial charge on any atom is -0.341 e. The Morgan fingerprint density at radius 2 is 1.95 bits per heavy atom. The van der Waals surface area contributed by atoms with Crippen molar-refractivity contribution in [2.75, 3.05) is 13.6 Å². The standard InChI is InChI=1S/C18H22N2OS/c1-20(13-14-8-4-2-5-9-14)18(21)16-12-19-17(22-16)15-10-6-3-7-11-15/h3,6-7,10-12,14H,2,4-5,8-9,13H2,1H3. The zero-order valence-corrected chi connectivity index (χ0v) is 13.8. The SMILES string of the molecule is CN(CC1CCCCC1)C(=O)c1cnc(-c2ccccc2)s1. The highest BCUT2D eigenvalue weighted by Crippen LogP contribution is 2.27. The highest BCUT2D eigenvalue weighted by atomic mass is 32.1. The van der Waals surface area contributed by atoms with Crippen LogP contribution >= 0.6 is 11.3 Å². The van der Waals surface area contributed by atoms with Gasteiger partial charge in [-0.1, -0.05) is 49.6 Å². The first-order chi connectivity index (χ1) is 10.7. The molecule has 0 unspecified atom stereocenters. The van der Waals surface area contributed by atoms with Gasteiger partial charge in [0.1, 0.15) is 9.88 Å². The Hall–Kier alpha value is -1.68. The molecule has 0 bridgehead atoms. The maximum Gasteiger partial charge on any atom is 0.265 e. The molecule has 22 heavy (non-hydrogen) atoms. The van der Waals surface area contributed by atoms with Gasteiger partial charge >= 0.3 is 0 Å². The van der Waals surface area contributed by atoms with Crippen molar-refractivity contribution in [3.8, 4) is 10.6 Å². The summed E-state index contributed by atoms with van der Waals surface area (Å²) >= 11 is 1.48. The second kappa shape index (κ2) is 7.05. The Morgan fingerprint density at radius 3 is 2.68 bits per heavy atom. The van der Waals surface area contributed by atoms with Gasteiger partial charge in [0.2, 0.25) is 0 Å². The maximum atomic E-state index is 12.6. The van der Waals surface area contributed by atoms with E-state index in [1.807, 2.05) is 42.3 Å². The number of carbonyl (C=O) groups excluding carboxylic acids is 1. The smallest absolute Gasteiger partial charge is 0.265 e. The van der Waals surface area contributed by atoms with Crippen LogP contribution in [0.15, 0.2) is 36.5 Å². The molecule has 3 rings (SSSR count). The molecule has 0 atom stereocenters. The lowest BCUT2D eigenvalue weighted by molar-refractivity contribution is 0.0765. The second-order valence-electron chi connectivity index (χ2n) is 6.09. The summed E-state index contributed by atoms with van der Waals surface area (Å²) in [6, 6.07) is 10.0. The number of aromatic nitrogens is 1. The quantitative estimate of drug-likeness (QED) is 0.834. The van der Waals surface area contributed by atoms with E-state index in [4.69, 9.17) is 0 Å². The van der Waals surface area contributed by atoms with Crippen LogP contribution < -0.4 is 0 Å². The van der Waals surface area contributed by atoms with Gasteiger partial charge in [0, 0.05) is 19.2 Å². The lowest BCUT2D eigenvalue weighted by atomic mass is 9.89. The van der Waals surface area contributed by atoms with E-state index in [0.29, 0.717) is 5.92 Å². The van der Waals surface area contributed by atoms with E-state index in [1.54, 1.807) is 6.20 Å². The van der Waals surface area contributed by atoms with Crippen LogP contribution in [0.3, 0.4) is 0 Å². The molecular formula is C18H22N2OS. The average molecular weight is 314 g/mol. The predicted molar refractivity (Wildman–Crippen MR) is 91.1 cm³/mol. The molecule has 1 aromatic carbocycles. The molecule has 1 amide bonds. The molecule has 0 spiro atoms. The first-order valence-electron chi connectivity index (χ1n) is 8.01. The van der Waals surface area contributed by atoms with Crippen molar-refractivity contribution >= 4 is 17.2 Å². The van der Waals surface area contributed by atoms with Gasteiger partial charge in [-0.15, -0.1) is 11.3 Å². The zero-order valence-electron chi connectivity index (χ0n) is 13.0. The summed E-state index contributed by atoms with van der Waals surface area (Å²) in [4.78, 5) is 19.6. The molecule has 1 saturated carbocycles. The van der Waals surface area contributed by atoms with Crippen molar-refractivity contribution in [2.24, 2.45) is 5.92 Å². The number of rotatable bonds is 4. The van der Waals surface area contributed by atoms with Gasteiger partial charge in [-0.3, -0.25) is 4.79 Å². The summed E-state index contributed by atoms with van der Waals surface area (Å²) in [5, 5.41) is 0.912. The molecule has 2 aromatic rings. The van der Waals surface area contributed by atoms with E-state index < -0.39 is 0 Å². The van der Waals surface area contributed by atoms with Crippen LogP contribution in [-0.4, -0.2) is 29.4 Å². The third-order valence-electron chi connectivity index (χ3n) is 4.34. The maximum absolute atomic E-state index is 12.6. The monoisotopic (exact) mass is 314 g/mol. The van der Waals surface area contributed by atoms with Crippen molar-refractivity contribution in [3.05, 3.63) is 41.4 Å². The Labute approximate surface area is 136 Å². The minimum absolute atomic E-state index is 0.102. The van der Waals surface area contributed by atoms with Gasteiger partial charge in [0.25, 0.3) is 5.91 Å². The molecule has 1 aliphatic rings. The average Bonchev–Trinajstić information content (AvgIpc) is 3.06. The highest BCUT2D eigenvalue weighted by Gasteiger charge is 2.20. The molecule has 116 valence electrons. The molecule has 3 nitrogen and oxygen atoms in total. The van der Waals surface area contributed by atoms with Crippen LogP contribution in [-0.2, 0) is 0 Å². The second-order valence-corrected chi connectivity index (χ2v) is 7.12. The lowest BCUT2D eigenvalue weighted by Gasteiger charge is -2.26. The fourth-order valence-electron chi connectivity index (χ4n) is 3.12. The van der Waals surface area contributed by atoms with Crippen molar-refractivity contribution in [1.29, 1.82) is 0 Å². The van der Waals surface area contributed by atoms with Gasteiger partial charge < -0.3 is 4.90 Å². The number of hydrogen-bond donors (Lipinski definition) is 0. The van der Waals surface area contributed by atoms with E-state index in [9.17, 15) is 4.79 Å². The molecule has 0 saturated heterocycles. The van der Waals surface area contributed by atoms with E-state index in [1.165, 1.54) is 43.4 Å². The van der Waals surface area contributed by atoms with Crippen molar-refractivity contribution < 1.29 is 4.79 Å². The molecule has 1 aliphatic carbocycles. The fraction of sp³-hybridized carbons (Fsp3) is 0.444. The number of amides is 1. The highest BCUT2D eigenvalue weighted by molar-refractivity contribution is 7.16. The summed E-state index contributed by atoms with van der Waals surface area (Å²) in [6.45, 7) is 0.872. The molecule has 0 radical (unpaired) electrons. The predicted octanol–water partition coefficient (Wildman–Crippen LogP) is 4.46. The van der Waals surface area contributed by atoms with E-state index in [2.05, 4.69) is 4.98 Å². The molecule has 1 heterocycles. The molecular weight excluding hydrogens is 292 g/mol. The lowest BCUT2D eigenvalue weighted by Crippen LogP contribution is -2.32. The fourth-order valence-corrected chi connectivity index (χ4v) is 4.03. The molecule has 1 aromatic heterocycles. The number of benzene rings is 1. The Balaban J connectivity index is 1.66. The van der Waals surface area contributed by atoms with Crippen LogP contribution in [0.2, 0.25) is 0 Å². The normalized spacial score (nSPS) is 15.7. The minimum atomic E-state index is 0.102. The summed E-state index contributed by atoms with van der Waals surface area (Å²) in [6.07, 6.45) is 8.21. The van der Waals surface area contributed by atoms with E-state index in [0.717, 1.165) is 22.0 Å². The van der Waals surface area contributed by atoms with Crippen LogP contribution in [0, 0.1) is 5.92 Å². The van der Waals surface area contributed by atoms with Crippen LogP contribution in [0.4, 0.5) is 0 Å². The first-order valence-corrected chi connectivity index (χ1v) is 8.82. The summed E-state index contributed by atoms with van der Waals surface area (Å²) in [5.74, 6) is 0.773. The third kappa shape index (κ3) is 3.55. The number of thiazole rings is 1. The van der Waals surface area contributed by atoms with Crippen LogP contribution in [0.1, 0.15) is 41.8 Å². The van der Waals surface area contributed by atoms with Gasteiger partial charge in [-0.05, 0) is 18.8 Å². The van der Waals surface area contributed by atoms with Crippen molar-refractivity contribution in [2.45, 2.75) is 32.1 Å². The molecule has 1 fully saturated rings. The molecule has 0 aliphatic heterocycles. The largest absolute Gasteiger partial charge is 0.341 e. The Morgan fingerprint density at radius 1 is 1.23 bits per heavy atom. The van der Waals surface area contributed by atoms with E-state index >= 15 is 0 Å². The number of nitrogens with zero attached hydrogens (tertiary/aromatic N) is 2. The summed E-state index contributed by atoms with van der Waals surface area (Å²) in [5.41, 5.74) is 1.07. The number of hydrogen-bond acceptors (Lipinski definition) is 3. The first kappa shape index (κ1) is 15.2. The summed E-state index contributed by atoms with van der Waals surface area (Å²) in [7, 11) is 1.92.